The maximum Gasteiger partial charge on any atom is 0.313 e. The Morgan fingerprint density at radius 2 is 1.41 bits per heavy atom. The van der Waals surface area contributed by atoms with E-state index in [1.165, 1.54) is 0 Å². The fourth-order valence-corrected chi connectivity index (χ4v) is 2.12. The van der Waals surface area contributed by atoms with Crippen molar-refractivity contribution in [3.8, 4) is 0 Å². The predicted molar refractivity (Wildman–Crippen MR) is 61.6 cm³/mol. The smallest absolute Gasteiger partial charge is 0.313 e. The standard InChI is InChI=1S/C7H6ClN3O4S2/c8-5-9-6(16-1-3(12)13)11-7(10-5)17-2-4(14)15/h1-2H2,(H,12,13)(H,14,15). The summed E-state index contributed by atoms with van der Waals surface area (Å²) < 4.78 is 0. The SMILES string of the molecule is O=C(O)CSc1nc(Cl)nc(SCC(=O)O)n1. The summed E-state index contributed by atoms with van der Waals surface area (Å²) in [7, 11) is 0. The van der Waals surface area contributed by atoms with Gasteiger partial charge in [0.1, 0.15) is 0 Å². The van der Waals surface area contributed by atoms with E-state index in [1.807, 2.05) is 0 Å². The number of carboxylic acid groups (broad SMARTS) is 2. The number of carboxylic acids is 2. The Hall–Kier alpha value is -1.06. The van der Waals surface area contributed by atoms with Crippen molar-refractivity contribution in [1.29, 1.82) is 0 Å². The van der Waals surface area contributed by atoms with E-state index in [4.69, 9.17) is 21.8 Å². The Kier molecular flexibility index (Phi) is 5.45. The monoisotopic (exact) mass is 295 g/mol. The van der Waals surface area contributed by atoms with Crippen molar-refractivity contribution < 1.29 is 19.8 Å². The Balaban J connectivity index is 2.71. The van der Waals surface area contributed by atoms with Gasteiger partial charge in [-0.1, -0.05) is 23.5 Å². The van der Waals surface area contributed by atoms with Gasteiger partial charge in [-0.25, -0.2) is 0 Å². The van der Waals surface area contributed by atoms with Gasteiger partial charge in [0.25, 0.3) is 0 Å². The average Bonchev–Trinajstić information content (AvgIpc) is 2.23. The topological polar surface area (TPSA) is 113 Å². The lowest BCUT2D eigenvalue weighted by molar-refractivity contribution is -0.134. The first-order valence-electron chi connectivity index (χ1n) is 4.08. The van der Waals surface area contributed by atoms with E-state index >= 15 is 0 Å². The molecule has 10 heteroatoms. The molecule has 0 aliphatic carbocycles. The first kappa shape index (κ1) is 14.0. The molecule has 0 fully saturated rings. The molecule has 0 amide bonds. The molecular weight excluding hydrogens is 290 g/mol. The summed E-state index contributed by atoms with van der Waals surface area (Å²) in [5.41, 5.74) is 0. The highest BCUT2D eigenvalue weighted by Gasteiger charge is 2.09. The molecule has 7 nitrogen and oxygen atoms in total. The number of aromatic nitrogens is 3. The number of nitrogens with zero attached hydrogens (tertiary/aromatic N) is 3. The first-order valence-corrected chi connectivity index (χ1v) is 6.43. The zero-order valence-electron chi connectivity index (χ0n) is 8.16. The fourth-order valence-electron chi connectivity index (χ4n) is 0.696. The molecule has 0 spiro atoms. The van der Waals surface area contributed by atoms with Crippen LogP contribution in [0.5, 0.6) is 0 Å². The number of thioether (sulfide) groups is 2. The van der Waals surface area contributed by atoms with E-state index in [1.54, 1.807) is 0 Å². The zero-order chi connectivity index (χ0) is 12.8. The number of hydrogen-bond donors (Lipinski definition) is 2. The van der Waals surface area contributed by atoms with Crippen LogP contribution in [0.4, 0.5) is 0 Å². The number of carbonyl (C=O) groups is 2. The maximum atomic E-state index is 10.3. The molecule has 0 saturated carbocycles. The highest BCUT2D eigenvalue weighted by atomic mass is 35.5. The van der Waals surface area contributed by atoms with E-state index < -0.39 is 11.9 Å². The predicted octanol–water partition coefficient (Wildman–Crippen LogP) is 0.878. The van der Waals surface area contributed by atoms with Crippen LogP contribution >= 0.6 is 35.1 Å². The third-order valence-electron chi connectivity index (χ3n) is 1.22. The number of halogens is 1. The van der Waals surface area contributed by atoms with Crippen LogP contribution in [0.3, 0.4) is 0 Å². The minimum absolute atomic E-state index is 0.0965. The third kappa shape index (κ3) is 5.71. The van der Waals surface area contributed by atoms with Crippen molar-refractivity contribution in [3.63, 3.8) is 0 Å². The average molecular weight is 296 g/mol. The molecule has 0 saturated heterocycles. The molecule has 2 N–H and O–H groups in total. The van der Waals surface area contributed by atoms with Gasteiger partial charge < -0.3 is 10.2 Å². The number of hydrogen-bond acceptors (Lipinski definition) is 7. The summed E-state index contributed by atoms with van der Waals surface area (Å²) in [4.78, 5) is 32.0. The molecular formula is C7H6ClN3O4S2. The summed E-state index contributed by atoms with van der Waals surface area (Å²) in [6, 6.07) is 0. The highest BCUT2D eigenvalue weighted by molar-refractivity contribution is 8.00. The minimum Gasteiger partial charge on any atom is -0.481 e. The van der Waals surface area contributed by atoms with Crippen LogP contribution in [0.15, 0.2) is 10.3 Å². The van der Waals surface area contributed by atoms with Gasteiger partial charge in [-0.3, -0.25) is 9.59 Å². The quantitative estimate of drug-likeness (QED) is 0.738. The summed E-state index contributed by atoms with van der Waals surface area (Å²) >= 11 is 7.37. The van der Waals surface area contributed by atoms with Gasteiger partial charge in [0.2, 0.25) is 5.28 Å². The van der Waals surface area contributed by atoms with Crippen LogP contribution in [0.1, 0.15) is 0 Å². The maximum absolute atomic E-state index is 10.3. The molecule has 17 heavy (non-hydrogen) atoms. The number of aliphatic carboxylic acids is 2. The second kappa shape index (κ2) is 6.62. The molecule has 0 unspecified atom stereocenters. The van der Waals surface area contributed by atoms with E-state index in [-0.39, 0.29) is 27.1 Å². The van der Waals surface area contributed by atoms with E-state index in [0.29, 0.717) is 0 Å². The van der Waals surface area contributed by atoms with Gasteiger partial charge in [0.05, 0.1) is 11.5 Å². The van der Waals surface area contributed by atoms with E-state index in [0.717, 1.165) is 23.5 Å². The summed E-state index contributed by atoms with van der Waals surface area (Å²) in [6.45, 7) is 0. The number of rotatable bonds is 6. The summed E-state index contributed by atoms with van der Waals surface area (Å²) in [6.07, 6.45) is 0. The van der Waals surface area contributed by atoms with Crippen molar-refractivity contribution >= 4 is 47.1 Å². The lowest BCUT2D eigenvalue weighted by Crippen LogP contribution is -2.03. The van der Waals surface area contributed by atoms with Gasteiger partial charge in [-0.2, -0.15) is 15.0 Å². The lowest BCUT2D eigenvalue weighted by Gasteiger charge is -2.01. The van der Waals surface area contributed by atoms with Gasteiger partial charge in [-0.05, 0) is 11.6 Å². The molecule has 0 bridgehead atoms. The second-order valence-corrected chi connectivity index (χ2v) is 4.76. The summed E-state index contributed by atoms with van der Waals surface area (Å²) in [5.74, 6) is -2.43. The van der Waals surface area contributed by atoms with Crippen LogP contribution in [0, 0.1) is 0 Å². The van der Waals surface area contributed by atoms with Crippen molar-refractivity contribution in [2.45, 2.75) is 10.3 Å². The molecule has 0 radical (unpaired) electrons. The molecule has 0 aromatic carbocycles. The molecule has 92 valence electrons. The third-order valence-corrected chi connectivity index (χ3v) is 3.05. The summed E-state index contributed by atoms with van der Waals surface area (Å²) in [5, 5.41) is 17.2. The van der Waals surface area contributed by atoms with E-state index in [2.05, 4.69) is 15.0 Å². The van der Waals surface area contributed by atoms with Crippen LogP contribution in [0.2, 0.25) is 5.28 Å². The van der Waals surface area contributed by atoms with Crippen LogP contribution in [0.25, 0.3) is 0 Å². The molecule has 0 aliphatic rings. The Morgan fingerprint density at radius 3 is 1.76 bits per heavy atom. The van der Waals surface area contributed by atoms with Gasteiger partial charge >= 0.3 is 11.9 Å². The first-order chi connectivity index (χ1) is 7.97. The van der Waals surface area contributed by atoms with Gasteiger partial charge in [0.15, 0.2) is 10.3 Å². The largest absolute Gasteiger partial charge is 0.481 e. The second-order valence-electron chi connectivity index (χ2n) is 2.53. The van der Waals surface area contributed by atoms with Gasteiger partial charge in [0, 0.05) is 0 Å². The molecule has 1 aromatic heterocycles. The zero-order valence-corrected chi connectivity index (χ0v) is 10.6. The van der Waals surface area contributed by atoms with Crippen LogP contribution in [-0.4, -0.2) is 48.6 Å². The van der Waals surface area contributed by atoms with E-state index in [9.17, 15) is 9.59 Å². The van der Waals surface area contributed by atoms with Crippen LogP contribution in [-0.2, 0) is 9.59 Å². The lowest BCUT2D eigenvalue weighted by atomic mass is 10.8. The highest BCUT2D eigenvalue weighted by Crippen LogP contribution is 2.19. The van der Waals surface area contributed by atoms with Crippen molar-refractivity contribution in [2.75, 3.05) is 11.5 Å². The molecule has 1 heterocycles. The Morgan fingerprint density at radius 1 is 1.00 bits per heavy atom. The van der Waals surface area contributed by atoms with Crippen molar-refractivity contribution in [3.05, 3.63) is 5.28 Å². The molecule has 0 aliphatic heterocycles. The Bertz CT molecular complexity index is 409. The molecule has 0 atom stereocenters. The van der Waals surface area contributed by atoms with Crippen molar-refractivity contribution in [1.82, 2.24) is 15.0 Å². The van der Waals surface area contributed by atoms with Crippen molar-refractivity contribution in [2.24, 2.45) is 0 Å². The molecule has 1 aromatic rings. The normalized spacial score (nSPS) is 10.2. The van der Waals surface area contributed by atoms with Crippen LogP contribution < -0.4 is 0 Å². The Labute approximate surface area is 109 Å². The fraction of sp³-hybridized carbons (Fsp3) is 0.286. The molecule has 1 rings (SSSR count). The van der Waals surface area contributed by atoms with Gasteiger partial charge in [-0.15, -0.1) is 0 Å². The minimum atomic E-state index is -1.01.